The highest BCUT2D eigenvalue weighted by molar-refractivity contribution is 7.92. The lowest BCUT2D eigenvalue weighted by Gasteiger charge is -2.38. The first kappa shape index (κ1) is 24.3. The van der Waals surface area contributed by atoms with Gasteiger partial charge in [-0.05, 0) is 67.8 Å². The molecule has 4 rings (SSSR count). The van der Waals surface area contributed by atoms with Gasteiger partial charge in [0.2, 0.25) is 0 Å². The van der Waals surface area contributed by atoms with Crippen molar-refractivity contribution in [2.45, 2.75) is 38.2 Å². The topological polar surface area (TPSA) is 108 Å². The lowest BCUT2D eigenvalue weighted by molar-refractivity contribution is -0.148. The number of nitriles is 1. The first-order valence-electron chi connectivity index (χ1n) is 11.2. The third-order valence-corrected chi connectivity index (χ3v) is 7.92. The van der Waals surface area contributed by atoms with Gasteiger partial charge < -0.3 is 9.84 Å². The van der Waals surface area contributed by atoms with Crippen molar-refractivity contribution in [1.29, 1.82) is 5.26 Å². The summed E-state index contributed by atoms with van der Waals surface area (Å²) in [5, 5.41) is 19.1. The molecule has 8 heteroatoms. The Morgan fingerprint density at radius 2 is 1.89 bits per heavy atom. The highest BCUT2D eigenvalue weighted by Gasteiger charge is 2.39. The molecule has 0 saturated carbocycles. The van der Waals surface area contributed by atoms with Gasteiger partial charge in [-0.3, -0.25) is 9.10 Å². The number of hydrogen-bond acceptors (Lipinski definition) is 5. The van der Waals surface area contributed by atoms with E-state index in [1.165, 1.54) is 4.31 Å². The summed E-state index contributed by atoms with van der Waals surface area (Å²) in [5.41, 5.74) is 1.88. The van der Waals surface area contributed by atoms with Crippen LogP contribution in [0.25, 0.3) is 11.1 Å². The summed E-state index contributed by atoms with van der Waals surface area (Å²) in [6, 6.07) is 21.1. The number of aryl methyl sites for hydroxylation is 1. The SMILES string of the molecule is Cc1cccc(S(=O)(=O)N2C[C@H](CC(C)(C)C(=O)O)Oc3ccc(-c4ccccc4C#N)cc32)c1. The van der Waals surface area contributed by atoms with Gasteiger partial charge in [-0.25, -0.2) is 8.42 Å². The summed E-state index contributed by atoms with van der Waals surface area (Å²) in [7, 11) is -3.98. The van der Waals surface area contributed by atoms with Crippen LogP contribution in [0.2, 0.25) is 0 Å². The summed E-state index contributed by atoms with van der Waals surface area (Å²) in [5.74, 6) is -0.639. The minimum absolute atomic E-state index is 0.0384. The average molecular weight is 491 g/mol. The Kier molecular flexibility index (Phi) is 6.30. The van der Waals surface area contributed by atoms with Crippen LogP contribution >= 0.6 is 0 Å². The van der Waals surface area contributed by atoms with Gasteiger partial charge in [0.1, 0.15) is 11.9 Å². The fourth-order valence-corrected chi connectivity index (χ4v) is 5.81. The van der Waals surface area contributed by atoms with E-state index in [-0.39, 0.29) is 17.9 Å². The van der Waals surface area contributed by atoms with Crippen LogP contribution in [-0.4, -0.2) is 32.1 Å². The molecule has 0 radical (unpaired) electrons. The second-order valence-electron chi connectivity index (χ2n) is 9.33. The van der Waals surface area contributed by atoms with E-state index in [4.69, 9.17) is 4.74 Å². The van der Waals surface area contributed by atoms with Crippen LogP contribution in [-0.2, 0) is 14.8 Å². The van der Waals surface area contributed by atoms with E-state index in [0.29, 0.717) is 28.1 Å². The maximum atomic E-state index is 13.8. The number of carboxylic acids is 1. The molecule has 0 saturated heterocycles. The molecule has 1 aliphatic rings. The van der Waals surface area contributed by atoms with Crippen molar-refractivity contribution in [3.05, 3.63) is 77.9 Å². The summed E-state index contributed by atoms with van der Waals surface area (Å²) >= 11 is 0. The molecule has 180 valence electrons. The monoisotopic (exact) mass is 490 g/mol. The number of fused-ring (bicyclic) bond motifs is 1. The third-order valence-electron chi connectivity index (χ3n) is 6.14. The molecule has 0 fully saturated rings. The number of sulfonamides is 1. The first-order valence-corrected chi connectivity index (χ1v) is 12.6. The van der Waals surface area contributed by atoms with Gasteiger partial charge in [0.25, 0.3) is 10.0 Å². The minimum Gasteiger partial charge on any atom is -0.486 e. The van der Waals surface area contributed by atoms with Crippen LogP contribution < -0.4 is 9.04 Å². The molecule has 3 aromatic carbocycles. The molecule has 7 nitrogen and oxygen atoms in total. The zero-order valence-electron chi connectivity index (χ0n) is 19.7. The number of benzene rings is 3. The predicted molar refractivity (Wildman–Crippen MR) is 133 cm³/mol. The Labute approximate surface area is 205 Å². The van der Waals surface area contributed by atoms with E-state index in [9.17, 15) is 23.6 Å². The van der Waals surface area contributed by atoms with E-state index < -0.39 is 27.5 Å². The lowest BCUT2D eigenvalue weighted by Crippen LogP contribution is -2.46. The highest BCUT2D eigenvalue weighted by Crippen LogP contribution is 2.42. The van der Waals surface area contributed by atoms with E-state index in [0.717, 1.165) is 5.56 Å². The van der Waals surface area contributed by atoms with Crippen molar-refractivity contribution < 1.29 is 23.1 Å². The second-order valence-corrected chi connectivity index (χ2v) is 11.2. The number of carbonyl (C=O) groups is 1. The van der Waals surface area contributed by atoms with Gasteiger partial charge in [0, 0.05) is 6.42 Å². The second kappa shape index (κ2) is 9.08. The molecule has 0 aliphatic carbocycles. The van der Waals surface area contributed by atoms with Crippen molar-refractivity contribution >= 4 is 21.7 Å². The molecular weight excluding hydrogens is 464 g/mol. The zero-order valence-corrected chi connectivity index (χ0v) is 20.5. The Balaban J connectivity index is 1.85. The molecule has 1 aliphatic heterocycles. The van der Waals surface area contributed by atoms with Gasteiger partial charge in [-0.1, -0.05) is 36.4 Å². The van der Waals surface area contributed by atoms with Crippen LogP contribution in [0.5, 0.6) is 5.75 Å². The number of anilines is 1. The van der Waals surface area contributed by atoms with E-state index in [2.05, 4.69) is 6.07 Å². The maximum Gasteiger partial charge on any atom is 0.309 e. The fraction of sp³-hybridized carbons (Fsp3) is 0.259. The normalized spacial score (nSPS) is 15.6. The summed E-state index contributed by atoms with van der Waals surface area (Å²) in [6.07, 6.45) is -0.536. The summed E-state index contributed by atoms with van der Waals surface area (Å²) < 4.78 is 35.0. The van der Waals surface area contributed by atoms with Crippen LogP contribution in [0.3, 0.4) is 0 Å². The van der Waals surface area contributed by atoms with Crippen molar-refractivity contribution in [1.82, 2.24) is 0 Å². The quantitative estimate of drug-likeness (QED) is 0.522. The maximum absolute atomic E-state index is 13.8. The smallest absolute Gasteiger partial charge is 0.309 e. The Bertz CT molecular complexity index is 1440. The van der Waals surface area contributed by atoms with Gasteiger partial charge in [-0.2, -0.15) is 5.26 Å². The molecule has 35 heavy (non-hydrogen) atoms. The molecule has 1 heterocycles. The number of hydrogen-bond donors (Lipinski definition) is 1. The molecule has 3 aromatic rings. The fourth-order valence-electron chi connectivity index (χ4n) is 4.21. The number of carboxylic acid groups (broad SMARTS) is 1. The standard InChI is InChI=1S/C27H26N2O5S/c1-18-7-6-9-22(13-18)35(32,33)29-17-21(15-27(2,3)26(30)31)34-25-12-11-19(14-24(25)29)23-10-5-4-8-20(23)16-28/h4-14,21H,15,17H2,1-3H3,(H,30,31)/t21-/m0/s1. The molecule has 0 bridgehead atoms. The van der Waals surface area contributed by atoms with Crippen molar-refractivity contribution in [2.75, 3.05) is 10.8 Å². The number of aliphatic carboxylic acids is 1. The lowest BCUT2D eigenvalue weighted by atomic mass is 9.86. The van der Waals surface area contributed by atoms with Gasteiger partial charge in [0.05, 0.1) is 34.2 Å². The van der Waals surface area contributed by atoms with Gasteiger partial charge >= 0.3 is 5.97 Å². The minimum atomic E-state index is -3.98. The number of rotatable bonds is 6. The first-order chi connectivity index (χ1) is 16.5. The molecule has 1 N–H and O–H groups in total. The molecular formula is C27H26N2O5S. The van der Waals surface area contributed by atoms with E-state index in [1.54, 1.807) is 62.4 Å². The van der Waals surface area contributed by atoms with Crippen LogP contribution in [0.4, 0.5) is 5.69 Å². The van der Waals surface area contributed by atoms with Gasteiger partial charge in [0.15, 0.2) is 0 Å². The Morgan fingerprint density at radius 3 is 2.57 bits per heavy atom. The highest BCUT2D eigenvalue weighted by atomic mass is 32.2. The number of ether oxygens (including phenoxy) is 1. The third kappa shape index (κ3) is 4.73. The summed E-state index contributed by atoms with van der Waals surface area (Å²) in [4.78, 5) is 11.9. The van der Waals surface area contributed by atoms with Crippen LogP contribution in [0, 0.1) is 23.7 Å². The van der Waals surface area contributed by atoms with E-state index in [1.807, 2.05) is 25.1 Å². The Morgan fingerprint density at radius 1 is 1.14 bits per heavy atom. The van der Waals surface area contributed by atoms with E-state index >= 15 is 0 Å². The summed E-state index contributed by atoms with van der Waals surface area (Å²) in [6.45, 7) is 4.97. The largest absolute Gasteiger partial charge is 0.486 e. The van der Waals surface area contributed by atoms with Gasteiger partial charge in [-0.15, -0.1) is 0 Å². The molecule has 0 amide bonds. The molecule has 0 aromatic heterocycles. The zero-order chi connectivity index (χ0) is 25.4. The van der Waals surface area contributed by atoms with Crippen LogP contribution in [0.1, 0.15) is 31.4 Å². The van der Waals surface area contributed by atoms with Crippen LogP contribution in [0.15, 0.2) is 71.6 Å². The Hall–Kier alpha value is -3.83. The predicted octanol–water partition coefficient (Wildman–Crippen LogP) is 4.99. The molecule has 0 unspecified atom stereocenters. The van der Waals surface area contributed by atoms with Crippen molar-refractivity contribution in [3.63, 3.8) is 0 Å². The van der Waals surface area contributed by atoms with Crippen molar-refractivity contribution in [3.8, 4) is 22.9 Å². The average Bonchev–Trinajstić information content (AvgIpc) is 2.83. The van der Waals surface area contributed by atoms with Crippen molar-refractivity contribution in [2.24, 2.45) is 5.41 Å². The molecule has 1 atom stereocenters. The molecule has 0 spiro atoms. The number of nitrogens with zero attached hydrogens (tertiary/aromatic N) is 2.